The number of ether oxygens (including phenoxy) is 2. The van der Waals surface area contributed by atoms with Gasteiger partial charge in [-0.05, 0) is 56.5 Å². The predicted molar refractivity (Wildman–Crippen MR) is 103 cm³/mol. The van der Waals surface area contributed by atoms with Crippen LogP contribution in [0.4, 0.5) is 13.2 Å². The van der Waals surface area contributed by atoms with Crippen molar-refractivity contribution in [2.45, 2.75) is 52.4 Å². The summed E-state index contributed by atoms with van der Waals surface area (Å²) in [6, 6.07) is 9.78. The normalized spacial score (nSPS) is 19.0. The molecule has 2 aromatic rings. The molecule has 3 rings (SSSR count). The van der Waals surface area contributed by atoms with E-state index in [2.05, 4.69) is 4.74 Å². The fraction of sp³-hybridized carbons (Fsp3) is 0.381. The van der Waals surface area contributed by atoms with E-state index in [0.29, 0.717) is 5.56 Å². The third-order valence-corrected chi connectivity index (χ3v) is 5.12. The third-order valence-electron chi connectivity index (χ3n) is 4.83. The van der Waals surface area contributed by atoms with E-state index in [9.17, 15) is 18.0 Å². The van der Waals surface area contributed by atoms with Crippen LogP contribution in [0, 0.1) is 13.8 Å². The number of halogens is 4. The summed E-state index contributed by atoms with van der Waals surface area (Å²) in [5, 5.41) is -0.185. The van der Waals surface area contributed by atoms with E-state index in [1.54, 1.807) is 18.7 Å². The molecule has 156 valence electrons. The summed E-state index contributed by atoms with van der Waals surface area (Å²) in [4.78, 5) is 14.5. The number of rotatable bonds is 4. The van der Waals surface area contributed by atoms with Crippen molar-refractivity contribution in [1.29, 1.82) is 0 Å². The van der Waals surface area contributed by atoms with Crippen molar-refractivity contribution < 1.29 is 27.4 Å². The highest BCUT2D eigenvalue weighted by Crippen LogP contribution is 2.41. The second-order valence-corrected chi connectivity index (χ2v) is 7.94. The fourth-order valence-corrected chi connectivity index (χ4v) is 3.72. The highest BCUT2D eigenvalue weighted by molar-refractivity contribution is 6.32. The van der Waals surface area contributed by atoms with Gasteiger partial charge in [0.1, 0.15) is 11.4 Å². The van der Waals surface area contributed by atoms with Crippen LogP contribution in [0.3, 0.4) is 0 Å². The standard InChI is InChI=1S/C21H21ClF3NO3/c1-12-6-5-7-13(2)17(12)18-26(19(27)20(3,4)29-18)11-14-8-9-16(15(22)10-14)28-21(23,24)25/h5-10,18H,11H2,1-4H3. The van der Waals surface area contributed by atoms with E-state index in [1.807, 2.05) is 32.0 Å². The Morgan fingerprint density at radius 1 is 1.17 bits per heavy atom. The van der Waals surface area contributed by atoms with E-state index in [0.717, 1.165) is 22.8 Å². The van der Waals surface area contributed by atoms with Crippen molar-refractivity contribution >= 4 is 17.5 Å². The number of carbonyl (C=O) groups is 1. The minimum absolute atomic E-state index is 0.132. The lowest BCUT2D eigenvalue weighted by molar-refractivity contribution is -0.274. The Kier molecular flexibility index (Phi) is 5.58. The zero-order chi connectivity index (χ0) is 21.6. The van der Waals surface area contributed by atoms with Gasteiger partial charge in [-0.15, -0.1) is 13.2 Å². The molecular formula is C21H21ClF3NO3. The van der Waals surface area contributed by atoms with Crippen molar-refractivity contribution in [3.8, 4) is 5.75 Å². The summed E-state index contributed by atoms with van der Waals surface area (Å²) in [5.74, 6) is -0.699. The maximum absolute atomic E-state index is 13.0. The van der Waals surface area contributed by atoms with Crippen molar-refractivity contribution in [3.05, 3.63) is 63.7 Å². The number of benzene rings is 2. The number of hydrogen-bond acceptors (Lipinski definition) is 3. The molecule has 0 saturated carbocycles. The molecule has 0 radical (unpaired) electrons. The van der Waals surface area contributed by atoms with Gasteiger partial charge >= 0.3 is 6.36 Å². The van der Waals surface area contributed by atoms with Gasteiger partial charge in [0.15, 0.2) is 6.23 Å². The minimum Gasteiger partial charge on any atom is -0.404 e. The molecule has 29 heavy (non-hydrogen) atoms. The van der Waals surface area contributed by atoms with Gasteiger partial charge in [0.25, 0.3) is 5.91 Å². The van der Waals surface area contributed by atoms with Crippen LogP contribution in [0.1, 0.15) is 42.3 Å². The molecule has 1 unspecified atom stereocenters. The molecule has 0 aromatic heterocycles. The second kappa shape index (κ2) is 7.54. The SMILES string of the molecule is Cc1cccc(C)c1C1OC(C)(C)C(=O)N1Cc1ccc(OC(F)(F)F)c(Cl)c1. The molecule has 4 nitrogen and oxygen atoms in total. The summed E-state index contributed by atoms with van der Waals surface area (Å²) in [6.45, 7) is 7.42. The Morgan fingerprint density at radius 3 is 2.34 bits per heavy atom. The summed E-state index contributed by atoms with van der Waals surface area (Å²) >= 11 is 5.96. The lowest BCUT2D eigenvalue weighted by atomic mass is 10.0. The average Bonchev–Trinajstić information content (AvgIpc) is 2.80. The van der Waals surface area contributed by atoms with E-state index in [-0.39, 0.29) is 17.5 Å². The van der Waals surface area contributed by atoms with Crippen molar-refractivity contribution in [3.63, 3.8) is 0 Å². The molecule has 0 bridgehead atoms. The van der Waals surface area contributed by atoms with Crippen LogP contribution in [0.15, 0.2) is 36.4 Å². The predicted octanol–water partition coefficient (Wildman–Crippen LogP) is 5.69. The lowest BCUT2D eigenvalue weighted by Crippen LogP contribution is -2.35. The van der Waals surface area contributed by atoms with Crippen LogP contribution in [-0.4, -0.2) is 22.8 Å². The van der Waals surface area contributed by atoms with Crippen molar-refractivity contribution in [2.75, 3.05) is 0 Å². The van der Waals surface area contributed by atoms with Crippen LogP contribution < -0.4 is 4.74 Å². The highest BCUT2D eigenvalue weighted by Gasteiger charge is 2.47. The second-order valence-electron chi connectivity index (χ2n) is 7.53. The zero-order valence-electron chi connectivity index (χ0n) is 16.4. The molecule has 1 amide bonds. The van der Waals surface area contributed by atoms with Crippen LogP contribution >= 0.6 is 11.6 Å². The monoisotopic (exact) mass is 427 g/mol. The first-order valence-electron chi connectivity index (χ1n) is 8.98. The first kappa shape index (κ1) is 21.5. The molecule has 0 aliphatic carbocycles. The zero-order valence-corrected chi connectivity index (χ0v) is 17.2. The van der Waals surface area contributed by atoms with Gasteiger partial charge in [-0.1, -0.05) is 35.9 Å². The number of aryl methyl sites for hydroxylation is 2. The minimum atomic E-state index is -4.83. The number of hydrogen-bond donors (Lipinski definition) is 0. The van der Waals surface area contributed by atoms with Gasteiger partial charge in [0.2, 0.25) is 0 Å². The number of amides is 1. The van der Waals surface area contributed by atoms with Gasteiger partial charge in [-0.2, -0.15) is 0 Å². The Morgan fingerprint density at radius 2 is 1.79 bits per heavy atom. The summed E-state index contributed by atoms with van der Waals surface area (Å²) < 4.78 is 47.3. The smallest absolute Gasteiger partial charge is 0.404 e. The maximum Gasteiger partial charge on any atom is 0.573 e. The van der Waals surface area contributed by atoms with Crippen molar-refractivity contribution in [1.82, 2.24) is 4.90 Å². The molecule has 0 N–H and O–H groups in total. The van der Waals surface area contributed by atoms with E-state index in [4.69, 9.17) is 16.3 Å². The molecule has 1 aliphatic rings. The molecular weight excluding hydrogens is 407 g/mol. The average molecular weight is 428 g/mol. The molecule has 0 spiro atoms. The summed E-state index contributed by atoms with van der Waals surface area (Å²) in [6.07, 6.45) is -5.44. The molecule has 1 saturated heterocycles. The maximum atomic E-state index is 13.0. The van der Waals surface area contributed by atoms with Gasteiger partial charge < -0.3 is 14.4 Å². The molecule has 1 fully saturated rings. The van der Waals surface area contributed by atoms with Crippen LogP contribution in [-0.2, 0) is 16.1 Å². The van der Waals surface area contributed by atoms with Gasteiger partial charge in [0.05, 0.1) is 5.02 Å². The Bertz CT molecular complexity index is 923. The number of carbonyl (C=O) groups excluding carboxylic acids is 1. The van der Waals surface area contributed by atoms with Crippen LogP contribution in [0.2, 0.25) is 5.02 Å². The highest BCUT2D eigenvalue weighted by atomic mass is 35.5. The number of nitrogens with zero attached hydrogens (tertiary/aromatic N) is 1. The van der Waals surface area contributed by atoms with Crippen molar-refractivity contribution in [2.24, 2.45) is 0 Å². The molecule has 1 heterocycles. The first-order valence-corrected chi connectivity index (χ1v) is 9.36. The molecule has 8 heteroatoms. The Hall–Kier alpha value is -2.25. The molecule has 1 aliphatic heterocycles. The Balaban J connectivity index is 1.93. The largest absolute Gasteiger partial charge is 0.573 e. The van der Waals surface area contributed by atoms with E-state index in [1.165, 1.54) is 12.1 Å². The first-order chi connectivity index (χ1) is 13.4. The number of alkyl halides is 3. The van der Waals surface area contributed by atoms with Crippen LogP contribution in [0.5, 0.6) is 5.75 Å². The Labute approximate surface area is 172 Å². The van der Waals surface area contributed by atoms with Gasteiger partial charge in [-0.25, -0.2) is 0 Å². The van der Waals surface area contributed by atoms with Gasteiger partial charge in [0, 0.05) is 12.1 Å². The van der Waals surface area contributed by atoms with Gasteiger partial charge in [-0.3, -0.25) is 4.79 Å². The van der Waals surface area contributed by atoms with E-state index < -0.39 is 23.9 Å². The topological polar surface area (TPSA) is 38.8 Å². The lowest BCUT2D eigenvalue weighted by Gasteiger charge is -2.26. The molecule has 1 atom stereocenters. The summed E-state index contributed by atoms with van der Waals surface area (Å²) in [7, 11) is 0. The van der Waals surface area contributed by atoms with E-state index >= 15 is 0 Å². The third kappa shape index (κ3) is 4.51. The molecule has 2 aromatic carbocycles. The van der Waals surface area contributed by atoms with Crippen LogP contribution in [0.25, 0.3) is 0 Å². The fourth-order valence-electron chi connectivity index (χ4n) is 3.48. The summed E-state index contributed by atoms with van der Waals surface area (Å²) in [5.41, 5.74) is 2.41. The quantitative estimate of drug-likeness (QED) is 0.629.